The van der Waals surface area contributed by atoms with Crippen LogP contribution in [0.2, 0.25) is 0 Å². The van der Waals surface area contributed by atoms with Gasteiger partial charge in [0.2, 0.25) is 21.8 Å². The second kappa shape index (κ2) is 13.3. The maximum Gasteiger partial charge on any atom is 0.244 e. The third-order valence-corrected chi connectivity index (χ3v) is 7.27. The number of halogens is 2. The minimum absolute atomic E-state index is 0.0347. The van der Waals surface area contributed by atoms with Crippen molar-refractivity contribution < 1.29 is 26.8 Å². The molecule has 0 saturated heterocycles. The molecule has 0 aliphatic heterocycles. The van der Waals surface area contributed by atoms with Crippen molar-refractivity contribution in [3.8, 4) is 0 Å². The van der Waals surface area contributed by atoms with Crippen LogP contribution < -0.4 is 9.62 Å². The molecular weight excluding hydrogens is 524 g/mol. The third-order valence-electron chi connectivity index (χ3n) is 6.13. The first-order chi connectivity index (χ1) is 18.5. The van der Waals surface area contributed by atoms with Gasteiger partial charge in [0.25, 0.3) is 0 Å². The van der Waals surface area contributed by atoms with Gasteiger partial charge in [-0.3, -0.25) is 13.9 Å². The Morgan fingerprint density at radius 2 is 1.62 bits per heavy atom. The number of carbonyl (C=O) groups excluding carboxylic acids is 2. The number of carbonyl (C=O) groups is 2. The van der Waals surface area contributed by atoms with Gasteiger partial charge in [-0.15, -0.1) is 0 Å². The van der Waals surface area contributed by atoms with Gasteiger partial charge in [-0.1, -0.05) is 67.1 Å². The number of sulfonamides is 1. The van der Waals surface area contributed by atoms with E-state index in [2.05, 4.69) is 5.32 Å². The van der Waals surface area contributed by atoms with Gasteiger partial charge in [-0.25, -0.2) is 17.2 Å². The average Bonchev–Trinajstić information content (AvgIpc) is 2.89. The van der Waals surface area contributed by atoms with E-state index in [9.17, 15) is 26.8 Å². The van der Waals surface area contributed by atoms with Crippen LogP contribution in [0.3, 0.4) is 0 Å². The molecule has 0 spiro atoms. The van der Waals surface area contributed by atoms with E-state index >= 15 is 0 Å². The zero-order valence-electron chi connectivity index (χ0n) is 22.2. The van der Waals surface area contributed by atoms with Crippen LogP contribution in [-0.4, -0.2) is 50.5 Å². The molecule has 0 aliphatic rings. The second-order valence-corrected chi connectivity index (χ2v) is 11.3. The highest BCUT2D eigenvalue weighted by Crippen LogP contribution is 2.22. The maximum absolute atomic E-state index is 14.0. The van der Waals surface area contributed by atoms with Crippen LogP contribution in [0.25, 0.3) is 0 Å². The zero-order valence-corrected chi connectivity index (χ0v) is 23.0. The van der Waals surface area contributed by atoms with Crippen molar-refractivity contribution in [3.63, 3.8) is 0 Å². The summed E-state index contributed by atoms with van der Waals surface area (Å²) in [5, 5.41) is 2.86. The summed E-state index contributed by atoms with van der Waals surface area (Å²) in [5.41, 5.74) is 2.32. The molecule has 0 aromatic heterocycles. The summed E-state index contributed by atoms with van der Waals surface area (Å²) in [7, 11) is -4.08. The molecule has 1 atom stereocenters. The molecule has 10 heteroatoms. The molecule has 39 heavy (non-hydrogen) atoms. The standard InChI is InChI=1S/C29H33F2N3O4S/c1-4-15-32-29(36)27(17-22-10-6-5-7-11-22)33(19-23-12-8-9-21(2)16-23)28(35)20-34(39(3,37)38)24-13-14-25(30)26(31)18-24/h5-14,16,18,27H,4,15,17,19-20H2,1-3H3,(H,32,36). The molecule has 2 amide bonds. The Hall–Kier alpha value is -3.79. The number of nitrogens with one attached hydrogen (secondary N) is 1. The predicted molar refractivity (Wildman–Crippen MR) is 148 cm³/mol. The zero-order chi connectivity index (χ0) is 28.6. The lowest BCUT2D eigenvalue weighted by molar-refractivity contribution is -0.140. The maximum atomic E-state index is 14.0. The lowest BCUT2D eigenvalue weighted by Crippen LogP contribution is -2.53. The number of hydrogen-bond donors (Lipinski definition) is 1. The quantitative estimate of drug-likeness (QED) is 0.362. The van der Waals surface area contributed by atoms with E-state index in [1.165, 1.54) is 4.90 Å². The Labute approximate surface area is 228 Å². The minimum Gasteiger partial charge on any atom is -0.354 e. The van der Waals surface area contributed by atoms with Gasteiger partial charge in [0, 0.05) is 25.6 Å². The molecule has 0 fully saturated rings. The molecule has 0 bridgehead atoms. The van der Waals surface area contributed by atoms with E-state index in [1.54, 1.807) is 0 Å². The van der Waals surface area contributed by atoms with Crippen LogP contribution in [0.15, 0.2) is 72.8 Å². The molecule has 0 radical (unpaired) electrons. The smallest absolute Gasteiger partial charge is 0.244 e. The summed E-state index contributed by atoms with van der Waals surface area (Å²) < 4.78 is 53.6. The van der Waals surface area contributed by atoms with Crippen LogP contribution in [0, 0.1) is 18.6 Å². The molecule has 3 aromatic carbocycles. The SMILES string of the molecule is CCCNC(=O)C(Cc1ccccc1)N(Cc1cccc(C)c1)C(=O)CN(c1ccc(F)c(F)c1)S(C)(=O)=O. The first kappa shape index (κ1) is 29.8. The second-order valence-electron chi connectivity index (χ2n) is 9.38. The van der Waals surface area contributed by atoms with Gasteiger partial charge in [0.05, 0.1) is 11.9 Å². The Balaban J connectivity index is 2.05. The highest BCUT2D eigenvalue weighted by Gasteiger charge is 2.33. The molecule has 1 unspecified atom stereocenters. The van der Waals surface area contributed by atoms with Gasteiger partial charge in [0.15, 0.2) is 11.6 Å². The predicted octanol–water partition coefficient (Wildman–Crippen LogP) is 4.21. The normalized spacial score (nSPS) is 12.0. The van der Waals surface area contributed by atoms with Gasteiger partial charge in [0.1, 0.15) is 12.6 Å². The van der Waals surface area contributed by atoms with Gasteiger partial charge >= 0.3 is 0 Å². The Morgan fingerprint density at radius 3 is 2.23 bits per heavy atom. The number of amides is 2. The van der Waals surface area contributed by atoms with Crippen molar-refractivity contribution in [2.24, 2.45) is 0 Å². The Bertz CT molecular complexity index is 1400. The number of hydrogen-bond acceptors (Lipinski definition) is 4. The molecule has 7 nitrogen and oxygen atoms in total. The number of nitrogens with zero attached hydrogens (tertiary/aromatic N) is 2. The molecule has 3 aromatic rings. The third kappa shape index (κ3) is 8.35. The molecule has 208 valence electrons. The lowest BCUT2D eigenvalue weighted by atomic mass is 10.0. The van der Waals surface area contributed by atoms with Crippen LogP contribution in [0.1, 0.15) is 30.0 Å². The summed E-state index contributed by atoms with van der Waals surface area (Å²) in [5.74, 6) is -3.43. The van der Waals surface area contributed by atoms with E-state index in [-0.39, 0.29) is 24.6 Å². The van der Waals surface area contributed by atoms with E-state index in [0.717, 1.165) is 41.1 Å². The van der Waals surface area contributed by atoms with Crippen molar-refractivity contribution in [1.29, 1.82) is 0 Å². The van der Waals surface area contributed by atoms with Crippen molar-refractivity contribution in [2.75, 3.05) is 23.7 Å². The van der Waals surface area contributed by atoms with Crippen molar-refractivity contribution in [1.82, 2.24) is 10.2 Å². The highest BCUT2D eigenvalue weighted by atomic mass is 32.2. The van der Waals surface area contributed by atoms with Crippen LogP contribution in [0.4, 0.5) is 14.5 Å². The molecule has 0 heterocycles. The fourth-order valence-corrected chi connectivity index (χ4v) is 5.02. The first-order valence-corrected chi connectivity index (χ1v) is 14.4. The molecule has 3 rings (SSSR count). The Kier molecular flexibility index (Phi) is 10.2. The first-order valence-electron chi connectivity index (χ1n) is 12.6. The minimum atomic E-state index is -4.08. The number of anilines is 1. The van der Waals surface area contributed by atoms with Crippen LogP contribution in [-0.2, 0) is 32.6 Å². The Morgan fingerprint density at radius 1 is 0.923 bits per heavy atom. The topological polar surface area (TPSA) is 86.8 Å². The van der Waals surface area contributed by atoms with E-state index in [1.807, 2.05) is 68.4 Å². The number of rotatable bonds is 12. The van der Waals surface area contributed by atoms with E-state index in [0.29, 0.717) is 17.3 Å². The molecule has 1 N–H and O–H groups in total. The fourth-order valence-electron chi connectivity index (χ4n) is 4.18. The fraction of sp³-hybridized carbons (Fsp3) is 0.310. The van der Waals surface area contributed by atoms with Crippen molar-refractivity contribution >= 4 is 27.5 Å². The lowest BCUT2D eigenvalue weighted by Gasteiger charge is -2.33. The summed E-state index contributed by atoms with van der Waals surface area (Å²) >= 11 is 0. The van der Waals surface area contributed by atoms with E-state index in [4.69, 9.17) is 0 Å². The monoisotopic (exact) mass is 557 g/mol. The number of benzene rings is 3. The van der Waals surface area contributed by atoms with Gasteiger partial charge in [-0.05, 0) is 36.6 Å². The molecular formula is C29H33F2N3O4S. The van der Waals surface area contributed by atoms with E-state index < -0.39 is 40.2 Å². The highest BCUT2D eigenvalue weighted by molar-refractivity contribution is 7.92. The van der Waals surface area contributed by atoms with Crippen molar-refractivity contribution in [3.05, 3.63) is 101 Å². The largest absolute Gasteiger partial charge is 0.354 e. The van der Waals surface area contributed by atoms with Crippen molar-refractivity contribution in [2.45, 2.75) is 39.3 Å². The molecule has 0 saturated carbocycles. The van der Waals surface area contributed by atoms with Crippen LogP contribution in [0.5, 0.6) is 0 Å². The summed E-state index contributed by atoms with van der Waals surface area (Å²) in [6, 6.07) is 18.3. The number of aryl methyl sites for hydroxylation is 1. The summed E-state index contributed by atoms with van der Waals surface area (Å²) in [6.45, 7) is 3.55. The van der Waals surface area contributed by atoms with Gasteiger partial charge in [-0.2, -0.15) is 0 Å². The van der Waals surface area contributed by atoms with Crippen LogP contribution >= 0.6 is 0 Å². The summed E-state index contributed by atoms with van der Waals surface area (Å²) in [4.78, 5) is 28.7. The average molecular weight is 558 g/mol. The molecule has 0 aliphatic carbocycles. The summed E-state index contributed by atoms with van der Waals surface area (Å²) in [6.07, 6.45) is 1.76. The van der Waals surface area contributed by atoms with Gasteiger partial charge < -0.3 is 10.2 Å².